The van der Waals surface area contributed by atoms with Gasteiger partial charge in [-0.15, -0.1) is 0 Å². The molecule has 0 bridgehead atoms. The zero-order valence-corrected chi connectivity index (χ0v) is 8.37. The fourth-order valence-electron chi connectivity index (χ4n) is 1.16. The monoisotopic (exact) mass is 211 g/mol. The summed E-state index contributed by atoms with van der Waals surface area (Å²) in [5.74, 6) is -0.422. The van der Waals surface area contributed by atoms with Gasteiger partial charge in [0.15, 0.2) is 0 Å². The Morgan fingerprint density at radius 3 is 2.60 bits per heavy atom. The number of hydrogen-bond donors (Lipinski definition) is 2. The van der Waals surface area contributed by atoms with Crippen LogP contribution in [0.25, 0.3) is 0 Å². The molecule has 0 radical (unpaired) electrons. The molecule has 4 heteroatoms. The van der Waals surface area contributed by atoms with Crippen LogP contribution in [0.5, 0.6) is 0 Å². The standard InChI is InChI=1S/C11H14FNO2/c12-10-4-2-9(3-5-10)8-11(15)13-6-1-7-14/h2-5,14H,1,6-8H2,(H,13,15). The first-order chi connectivity index (χ1) is 7.22. The van der Waals surface area contributed by atoms with Crippen LogP contribution >= 0.6 is 0 Å². The van der Waals surface area contributed by atoms with E-state index in [1.165, 1.54) is 12.1 Å². The Morgan fingerprint density at radius 2 is 2.00 bits per heavy atom. The van der Waals surface area contributed by atoms with Gasteiger partial charge < -0.3 is 10.4 Å². The maximum Gasteiger partial charge on any atom is 0.224 e. The van der Waals surface area contributed by atoms with E-state index < -0.39 is 0 Å². The van der Waals surface area contributed by atoms with E-state index >= 15 is 0 Å². The molecule has 15 heavy (non-hydrogen) atoms. The van der Waals surface area contributed by atoms with Gasteiger partial charge in [0.25, 0.3) is 0 Å². The minimum absolute atomic E-state index is 0.0663. The van der Waals surface area contributed by atoms with Crippen LogP contribution in [0.1, 0.15) is 12.0 Å². The Hall–Kier alpha value is -1.42. The van der Waals surface area contributed by atoms with Gasteiger partial charge in [0, 0.05) is 13.2 Å². The van der Waals surface area contributed by atoms with Crippen molar-refractivity contribution in [2.24, 2.45) is 0 Å². The molecule has 0 saturated heterocycles. The van der Waals surface area contributed by atoms with E-state index in [0.29, 0.717) is 13.0 Å². The third kappa shape index (κ3) is 4.56. The van der Waals surface area contributed by atoms with Crippen LogP contribution in [0.2, 0.25) is 0 Å². The molecule has 2 N–H and O–H groups in total. The molecule has 1 aromatic carbocycles. The van der Waals surface area contributed by atoms with Gasteiger partial charge in [0.2, 0.25) is 5.91 Å². The number of aliphatic hydroxyl groups is 1. The Bertz CT molecular complexity index is 311. The normalized spacial score (nSPS) is 10.0. The average Bonchev–Trinajstić information content (AvgIpc) is 2.22. The summed E-state index contributed by atoms with van der Waals surface area (Å²) in [6, 6.07) is 5.83. The minimum Gasteiger partial charge on any atom is -0.396 e. The number of nitrogens with one attached hydrogen (secondary N) is 1. The second-order valence-corrected chi connectivity index (χ2v) is 3.23. The van der Waals surface area contributed by atoms with Gasteiger partial charge in [-0.25, -0.2) is 4.39 Å². The van der Waals surface area contributed by atoms with E-state index in [-0.39, 0.29) is 24.8 Å². The Kier molecular flexibility index (Phi) is 4.77. The fraction of sp³-hybridized carbons (Fsp3) is 0.364. The number of amides is 1. The van der Waals surface area contributed by atoms with Crippen molar-refractivity contribution in [1.29, 1.82) is 0 Å². The maximum absolute atomic E-state index is 12.5. The van der Waals surface area contributed by atoms with Crippen molar-refractivity contribution >= 4 is 5.91 Å². The number of carbonyl (C=O) groups excluding carboxylic acids is 1. The molecule has 0 aliphatic carbocycles. The van der Waals surface area contributed by atoms with Crippen molar-refractivity contribution in [3.63, 3.8) is 0 Å². The van der Waals surface area contributed by atoms with Crippen LogP contribution in [0.4, 0.5) is 4.39 Å². The second-order valence-electron chi connectivity index (χ2n) is 3.23. The van der Waals surface area contributed by atoms with Crippen molar-refractivity contribution in [3.05, 3.63) is 35.6 Å². The van der Waals surface area contributed by atoms with Crippen molar-refractivity contribution in [2.45, 2.75) is 12.8 Å². The Morgan fingerprint density at radius 1 is 1.33 bits per heavy atom. The summed E-state index contributed by atoms with van der Waals surface area (Å²) in [4.78, 5) is 11.3. The first-order valence-corrected chi connectivity index (χ1v) is 4.84. The Balaban J connectivity index is 2.34. The highest BCUT2D eigenvalue weighted by Crippen LogP contribution is 2.03. The zero-order chi connectivity index (χ0) is 11.1. The SMILES string of the molecule is O=C(Cc1ccc(F)cc1)NCCCO. The summed E-state index contributed by atoms with van der Waals surface area (Å²) in [6.45, 7) is 0.535. The highest BCUT2D eigenvalue weighted by atomic mass is 19.1. The Labute approximate surface area is 87.9 Å². The molecule has 3 nitrogen and oxygen atoms in total. The topological polar surface area (TPSA) is 49.3 Å². The molecule has 0 atom stereocenters. The second kappa shape index (κ2) is 6.14. The number of rotatable bonds is 5. The van der Waals surface area contributed by atoms with Crippen molar-refractivity contribution in [1.82, 2.24) is 5.32 Å². The van der Waals surface area contributed by atoms with E-state index in [1.54, 1.807) is 12.1 Å². The molecule has 0 aliphatic rings. The van der Waals surface area contributed by atoms with E-state index in [0.717, 1.165) is 5.56 Å². The summed E-state index contributed by atoms with van der Waals surface area (Å²) in [5, 5.41) is 11.2. The molecule has 0 fully saturated rings. The number of aliphatic hydroxyl groups excluding tert-OH is 1. The van der Waals surface area contributed by atoms with Gasteiger partial charge in [0.05, 0.1) is 6.42 Å². The fourth-order valence-corrected chi connectivity index (χ4v) is 1.16. The van der Waals surface area contributed by atoms with Gasteiger partial charge >= 0.3 is 0 Å². The van der Waals surface area contributed by atoms with Crippen LogP contribution in [0.15, 0.2) is 24.3 Å². The molecule has 0 saturated carbocycles. The van der Waals surface area contributed by atoms with E-state index in [2.05, 4.69) is 5.32 Å². The number of hydrogen-bond acceptors (Lipinski definition) is 2. The van der Waals surface area contributed by atoms with Gasteiger partial charge in [0.1, 0.15) is 5.82 Å². The summed E-state index contributed by atoms with van der Waals surface area (Å²) in [5.41, 5.74) is 0.776. The summed E-state index contributed by atoms with van der Waals surface area (Å²) >= 11 is 0. The van der Waals surface area contributed by atoms with Crippen LogP contribution < -0.4 is 5.32 Å². The van der Waals surface area contributed by atoms with Crippen LogP contribution in [-0.2, 0) is 11.2 Å². The van der Waals surface area contributed by atoms with Crippen LogP contribution in [0, 0.1) is 5.82 Å². The third-order valence-electron chi connectivity index (χ3n) is 1.93. The predicted octanol–water partition coefficient (Wildman–Crippen LogP) is 0.867. The summed E-state index contributed by atoms with van der Waals surface area (Å²) < 4.78 is 12.5. The number of halogens is 1. The molecule has 0 aliphatic heterocycles. The van der Waals surface area contributed by atoms with Gasteiger partial charge in [-0.05, 0) is 24.1 Å². The van der Waals surface area contributed by atoms with Gasteiger partial charge in [-0.2, -0.15) is 0 Å². The molecule has 82 valence electrons. The zero-order valence-electron chi connectivity index (χ0n) is 8.37. The lowest BCUT2D eigenvalue weighted by atomic mass is 10.1. The largest absolute Gasteiger partial charge is 0.396 e. The molecule has 0 heterocycles. The van der Waals surface area contributed by atoms with Gasteiger partial charge in [-0.3, -0.25) is 4.79 Å². The van der Waals surface area contributed by atoms with E-state index in [4.69, 9.17) is 5.11 Å². The smallest absolute Gasteiger partial charge is 0.224 e. The maximum atomic E-state index is 12.5. The van der Waals surface area contributed by atoms with Crippen molar-refractivity contribution < 1.29 is 14.3 Å². The predicted molar refractivity (Wildman–Crippen MR) is 54.8 cm³/mol. The lowest BCUT2D eigenvalue weighted by Gasteiger charge is -2.03. The first kappa shape index (κ1) is 11.7. The quantitative estimate of drug-likeness (QED) is 0.710. The molecule has 1 aromatic rings. The molecular weight excluding hydrogens is 197 g/mol. The lowest BCUT2D eigenvalue weighted by molar-refractivity contribution is -0.120. The molecule has 1 rings (SSSR count). The third-order valence-corrected chi connectivity index (χ3v) is 1.93. The summed E-state index contributed by atoms with van der Waals surface area (Å²) in [7, 11) is 0. The highest BCUT2D eigenvalue weighted by Gasteiger charge is 2.02. The minimum atomic E-state index is -0.306. The number of benzene rings is 1. The molecular formula is C11H14FNO2. The van der Waals surface area contributed by atoms with Crippen LogP contribution in [0.3, 0.4) is 0 Å². The molecule has 1 amide bonds. The molecule has 0 spiro atoms. The average molecular weight is 211 g/mol. The van der Waals surface area contributed by atoms with Crippen LogP contribution in [-0.4, -0.2) is 24.2 Å². The van der Waals surface area contributed by atoms with Crippen molar-refractivity contribution in [3.8, 4) is 0 Å². The molecule has 0 aromatic heterocycles. The summed E-state index contributed by atoms with van der Waals surface area (Å²) in [6.07, 6.45) is 0.793. The highest BCUT2D eigenvalue weighted by molar-refractivity contribution is 5.78. The van der Waals surface area contributed by atoms with E-state index in [9.17, 15) is 9.18 Å². The number of carbonyl (C=O) groups is 1. The lowest BCUT2D eigenvalue weighted by Crippen LogP contribution is -2.26. The molecule has 0 unspecified atom stereocenters. The van der Waals surface area contributed by atoms with Crippen molar-refractivity contribution in [2.75, 3.05) is 13.2 Å². The van der Waals surface area contributed by atoms with E-state index in [1.807, 2.05) is 0 Å². The first-order valence-electron chi connectivity index (χ1n) is 4.84. The van der Waals surface area contributed by atoms with Gasteiger partial charge in [-0.1, -0.05) is 12.1 Å².